The van der Waals surface area contributed by atoms with Crippen LogP contribution in [0.15, 0.2) is 60.7 Å². The number of hydrogen-bond donors (Lipinski definition) is 2. The maximum absolute atomic E-state index is 9.55. The van der Waals surface area contributed by atoms with Crippen molar-refractivity contribution in [2.24, 2.45) is 0 Å². The van der Waals surface area contributed by atoms with E-state index >= 15 is 0 Å². The Bertz CT molecular complexity index is 817. The first-order valence-electron chi connectivity index (χ1n) is 8.76. The third kappa shape index (κ3) is 7.13. The Morgan fingerprint density at radius 1 is 0.893 bits per heavy atom. The molecular weight excluding hydrogens is 362 g/mol. The minimum atomic E-state index is -1.26. The van der Waals surface area contributed by atoms with Gasteiger partial charge >= 0.3 is 11.9 Å². The van der Waals surface area contributed by atoms with Crippen molar-refractivity contribution in [2.45, 2.75) is 6.42 Å². The van der Waals surface area contributed by atoms with E-state index in [-0.39, 0.29) is 0 Å². The Balaban J connectivity index is 0.000000300. The van der Waals surface area contributed by atoms with Crippen LogP contribution >= 0.6 is 0 Å². The first kappa shape index (κ1) is 21.0. The van der Waals surface area contributed by atoms with Gasteiger partial charge in [-0.2, -0.15) is 0 Å². The second-order valence-corrected chi connectivity index (χ2v) is 6.07. The summed E-state index contributed by atoms with van der Waals surface area (Å²) in [6.07, 6.45) is 2.10. The normalized spacial score (nSPS) is 14.2. The molecule has 1 aliphatic rings. The number of aliphatic carboxylic acids is 2. The quantitative estimate of drug-likeness (QED) is 0.767. The molecular formula is C21H23NO6. The van der Waals surface area contributed by atoms with Crippen molar-refractivity contribution in [3.63, 3.8) is 0 Å². The van der Waals surface area contributed by atoms with E-state index in [1.165, 1.54) is 5.56 Å². The highest BCUT2D eigenvalue weighted by molar-refractivity contribution is 5.89. The average molecular weight is 385 g/mol. The van der Waals surface area contributed by atoms with Crippen LogP contribution in [0.2, 0.25) is 0 Å². The molecule has 0 saturated carbocycles. The molecule has 0 aliphatic carbocycles. The fourth-order valence-corrected chi connectivity index (χ4v) is 2.46. The van der Waals surface area contributed by atoms with Crippen molar-refractivity contribution >= 4 is 11.9 Å². The van der Waals surface area contributed by atoms with Gasteiger partial charge in [-0.1, -0.05) is 30.3 Å². The van der Waals surface area contributed by atoms with Crippen molar-refractivity contribution in [1.29, 1.82) is 0 Å². The molecule has 0 fully saturated rings. The lowest BCUT2D eigenvalue weighted by Gasteiger charge is -2.16. The molecule has 0 amide bonds. The van der Waals surface area contributed by atoms with E-state index in [0.29, 0.717) is 18.8 Å². The number of likely N-dealkylation sites (N-methyl/N-ethyl adjacent to an activating group) is 1. The average Bonchev–Trinajstić information content (AvgIpc) is 2.70. The Morgan fingerprint density at radius 3 is 2.11 bits per heavy atom. The summed E-state index contributed by atoms with van der Waals surface area (Å²) < 4.78 is 11.9. The van der Waals surface area contributed by atoms with Gasteiger partial charge in [0.2, 0.25) is 0 Å². The molecule has 0 bridgehead atoms. The molecule has 3 rings (SSSR count). The second kappa shape index (κ2) is 10.7. The number of carbonyl (C=O) groups is 2. The predicted octanol–water partition coefficient (Wildman–Crippen LogP) is 3.06. The van der Waals surface area contributed by atoms with Crippen molar-refractivity contribution in [3.8, 4) is 17.2 Å². The van der Waals surface area contributed by atoms with Crippen LogP contribution in [0.25, 0.3) is 0 Å². The SMILES string of the molecule is CN1CCOc2ccccc2Oc2ccccc2CC1.O=C(O)C=CC(=O)O. The zero-order valence-corrected chi connectivity index (χ0v) is 15.6. The van der Waals surface area contributed by atoms with Crippen molar-refractivity contribution < 1.29 is 29.3 Å². The molecule has 0 aromatic heterocycles. The summed E-state index contributed by atoms with van der Waals surface area (Å²) in [5.74, 6) is -0.0132. The zero-order chi connectivity index (χ0) is 20.4. The van der Waals surface area contributed by atoms with Crippen LogP contribution in [-0.4, -0.2) is 53.8 Å². The van der Waals surface area contributed by atoms with E-state index in [4.69, 9.17) is 19.7 Å². The highest BCUT2D eigenvalue weighted by atomic mass is 16.5. The highest BCUT2D eigenvalue weighted by Gasteiger charge is 2.11. The number of carboxylic acids is 2. The van der Waals surface area contributed by atoms with Gasteiger partial charge in [-0.05, 0) is 37.2 Å². The minimum absolute atomic E-state index is 0.558. The maximum atomic E-state index is 9.55. The van der Waals surface area contributed by atoms with Gasteiger partial charge in [-0.15, -0.1) is 0 Å². The summed E-state index contributed by atoms with van der Waals surface area (Å²) in [6.45, 7) is 2.59. The molecule has 148 valence electrons. The van der Waals surface area contributed by atoms with Crippen LogP contribution in [0.4, 0.5) is 0 Å². The number of ether oxygens (including phenoxy) is 2. The molecule has 2 N–H and O–H groups in total. The van der Waals surface area contributed by atoms with Crippen LogP contribution in [0, 0.1) is 0 Å². The van der Waals surface area contributed by atoms with Crippen molar-refractivity contribution in [2.75, 3.05) is 26.7 Å². The molecule has 2 aromatic rings. The highest BCUT2D eigenvalue weighted by Crippen LogP contribution is 2.33. The van der Waals surface area contributed by atoms with Gasteiger partial charge in [0, 0.05) is 25.2 Å². The molecule has 7 heteroatoms. The molecule has 0 spiro atoms. The number of para-hydroxylation sites is 3. The van der Waals surface area contributed by atoms with Gasteiger partial charge in [0.05, 0.1) is 0 Å². The number of rotatable bonds is 2. The smallest absolute Gasteiger partial charge is 0.328 e. The standard InChI is InChI=1S/C17H19NO2.C4H4O4/c1-18-11-10-14-6-2-3-7-15(14)20-17-9-5-4-8-16(17)19-13-12-18;5-3(6)1-2-4(7)8/h2-9H,10-13H2,1H3;1-2H,(H,5,6)(H,7,8). The van der Waals surface area contributed by atoms with Gasteiger partial charge in [0.15, 0.2) is 11.5 Å². The summed E-state index contributed by atoms with van der Waals surface area (Å²) in [6, 6.07) is 16.1. The predicted molar refractivity (Wildman–Crippen MR) is 104 cm³/mol. The third-order valence-electron chi connectivity index (χ3n) is 3.90. The molecule has 0 radical (unpaired) electrons. The van der Waals surface area contributed by atoms with Gasteiger partial charge in [-0.3, -0.25) is 0 Å². The number of benzene rings is 2. The number of hydrogen-bond acceptors (Lipinski definition) is 5. The van der Waals surface area contributed by atoms with Crippen LogP contribution in [0.5, 0.6) is 17.2 Å². The van der Waals surface area contributed by atoms with E-state index in [9.17, 15) is 9.59 Å². The van der Waals surface area contributed by atoms with Gasteiger partial charge in [0.25, 0.3) is 0 Å². The first-order chi connectivity index (χ1) is 13.5. The van der Waals surface area contributed by atoms with Gasteiger partial charge in [-0.25, -0.2) is 9.59 Å². The van der Waals surface area contributed by atoms with E-state index in [2.05, 4.69) is 24.1 Å². The second-order valence-electron chi connectivity index (χ2n) is 6.07. The number of fused-ring (bicyclic) bond motifs is 2. The fraction of sp³-hybridized carbons (Fsp3) is 0.238. The van der Waals surface area contributed by atoms with Crippen LogP contribution in [-0.2, 0) is 16.0 Å². The third-order valence-corrected chi connectivity index (χ3v) is 3.90. The molecule has 28 heavy (non-hydrogen) atoms. The molecule has 7 nitrogen and oxygen atoms in total. The van der Waals surface area contributed by atoms with E-state index < -0.39 is 11.9 Å². The molecule has 2 aromatic carbocycles. The maximum Gasteiger partial charge on any atom is 0.328 e. The van der Waals surface area contributed by atoms with Gasteiger partial charge in [0.1, 0.15) is 12.4 Å². The zero-order valence-electron chi connectivity index (χ0n) is 15.6. The van der Waals surface area contributed by atoms with E-state index in [1.807, 2.05) is 36.4 Å². The topological polar surface area (TPSA) is 96.3 Å². The summed E-state index contributed by atoms with van der Waals surface area (Å²) in [7, 11) is 2.12. The Labute approximate surface area is 163 Å². The molecule has 1 aliphatic heterocycles. The molecule has 1 heterocycles. The van der Waals surface area contributed by atoms with Crippen molar-refractivity contribution in [3.05, 3.63) is 66.2 Å². The van der Waals surface area contributed by atoms with E-state index in [0.717, 1.165) is 36.8 Å². The lowest BCUT2D eigenvalue weighted by Crippen LogP contribution is -2.26. The first-order valence-corrected chi connectivity index (χ1v) is 8.76. The Morgan fingerprint density at radius 2 is 1.46 bits per heavy atom. The summed E-state index contributed by atoms with van der Waals surface area (Å²) in [5, 5.41) is 15.6. The number of nitrogens with zero attached hydrogens (tertiary/aromatic N) is 1. The lowest BCUT2D eigenvalue weighted by atomic mass is 10.1. The largest absolute Gasteiger partial charge is 0.488 e. The lowest BCUT2D eigenvalue weighted by molar-refractivity contribution is -0.134. The monoisotopic (exact) mass is 385 g/mol. The van der Waals surface area contributed by atoms with Crippen LogP contribution < -0.4 is 9.47 Å². The van der Waals surface area contributed by atoms with Gasteiger partial charge < -0.3 is 24.6 Å². The Kier molecular flexibility index (Phi) is 8.05. The molecule has 0 saturated heterocycles. The summed E-state index contributed by atoms with van der Waals surface area (Å²) >= 11 is 0. The molecule has 0 atom stereocenters. The van der Waals surface area contributed by atoms with Crippen LogP contribution in [0.1, 0.15) is 5.56 Å². The van der Waals surface area contributed by atoms with Crippen LogP contribution in [0.3, 0.4) is 0 Å². The summed E-state index contributed by atoms with van der Waals surface area (Å²) in [5.41, 5.74) is 1.23. The fourth-order valence-electron chi connectivity index (χ4n) is 2.46. The molecule has 0 unspecified atom stereocenters. The minimum Gasteiger partial charge on any atom is -0.488 e. The van der Waals surface area contributed by atoms with Crippen molar-refractivity contribution in [1.82, 2.24) is 4.90 Å². The Hall–Kier alpha value is -3.32. The summed E-state index contributed by atoms with van der Waals surface area (Å²) in [4.78, 5) is 21.4. The number of carboxylic acid groups (broad SMARTS) is 2. The van der Waals surface area contributed by atoms with E-state index in [1.54, 1.807) is 0 Å².